The smallest absolute Gasteiger partial charge is 0.407 e. The van der Waals surface area contributed by atoms with Gasteiger partial charge >= 0.3 is 6.09 Å². The molecule has 2 fully saturated rings. The first kappa shape index (κ1) is 15.1. The lowest BCUT2D eigenvalue weighted by Crippen LogP contribution is -2.51. The van der Waals surface area contributed by atoms with E-state index in [1.54, 1.807) is 6.92 Å². The molecule has 1 saturated heterocycles. The number of ether oxygens (including phenoxy) is 1. The monoisotopic (exact) mass is 282 g/mol. The van der Waals surface area contributed by atoms with Gasteiger partial charge in [-0.2, -0.15) is 0 Å². The van der Waals surface area contributed by atoms with Crippen molar-refractivity contribution in [3.63, 3.8) is 0 Å². The fourth-order valence-corrected chi connectivity index (χ4v) is 3.24. The van der Waals surface area contributed by atoms with Gasteiger partial charge in [-0.15, -0.1) is 0 Å². The Labute approximate surface area is 121 Å². The van der Waals surface area contributed by atoms with Crippen LogP contribution in [-0.4, -0.2) is 42.6 Å². The lowest BCUT2D eigenvalue weighted by Gasteiger charge is -2.36. The molecule has 0 aromatic carbocycles. The molecule has 2 aliphatic rings. The summed E-state index contributed by atoms with van der Waals surface area (Å²) < 4.78 is 4.90. The van der Waals surface area contributed by atoms with Crippen molar-refractivity contribution in [2.24, 2.45) is 5.92 Å². The minimum Gasteiger partial charge on any atom is -0.450 e. The molecule has 0 radical (unpaired) electrons. The number of piperidine rings is 1. The first-order valence-electron chi connectivity index (χ1n) is 7.92. The summed E-state index contributed by atoms with van der Waals surface area (Å²) in [4.78, 5) is 25.9. The molecule has 0 unspecified atom stereocenters. The Morgan fingerprint density at radius 1 is 1.15 bits per heavy atom. The number of hydrogen-bond acceptors (Lipinski definition) is 3. The van der Waals surface area contributed by atoms with E-state index in [9.17, 15) is 9.59 Å². The molecule has 5 heteroatoms. The number of nitrogens with one attached hydrogen (secondary N) is 1. The highest BCUT2D eigenvalue weighted by Crippen LogP contribution is 2.26. The van der Waals surface area contributed by atoms with Crippen LogP contribution in [0.1, 0.15) is 51.9 Å². The fourth-order valence-electron chi connectivity index (χ4n) is 3.24. The summed E-state index contributed by atoms with van der Waals surface area (Å²) in [5, 5.41) is 2.85. The Balaban J connectivity index is 1.82. The van der Waals surface area contributed by atoms with E-state index in [4.69, 9.17) is 4.74 Å². The highest BCUT2D eigenvalue weighted by molar-refractivity contribution is 5.79. The van der Waals surface area contributed by atoms with Gasteiger partial charge in [0.2, 0.25) is 5.91 Å². The largest absolute Gasteiger partial charge is 0.450 e. The van der Waals surface area contributed by atoms with E-state index in [-0.39, 0.29) is 18.1 Å². The summed E-state index contributed by atoms with van der Waals surface area (Å²) in [6, 6.07) is 0.0374. The van der Waals surface area contributed by atoms with Crippen molar-refractivity contribution in [2.75, 3.05) is 19.7 Å². The number of carbonyl (C=O) groups excluding carboxylic acids is 2. The summed E-state index contributed by atoms with van der Waals surface area (Å²) in [6.07, 6.45) is 7.18. The van der Waals surface area contributed by atoms with E-state index < -0.39 is 0 Å². The van der Waals surface area contributed by atoms with E-state index in [0.29, 0.717) is 19.1 Å². The predicted molar refractivity (Wildman–Crippen MR) is 76.3 cm³/mol. The number of amides is 2. The standard InChI is InChI=1S/C15H26N2O3/c1-2-20-15(19)16-13-9-6-10-17(11-13)14(18)12-7-4-3-5-8-12/h12-13H,2-11H2,1H3,(H,16,19)/t13-/m0/s1. The molecule has 1 N–H and O–H groups in total. The summed E-state index contributed by atoms with van der Waals surface area (Å²) in [7, 11) is 0. The lowest BCUT2D eigenvalue weighted by atomic mass is 9.87. The van der Waals surface area contributed by atoms with E-state index >= 15 is 0 Å². The molecule has 1 saturated carbocycles. The van der Waals surface area contributed by atoms with Gasteiger partial charge in [-0.25, -0.2) is 4.79 Å². The van der Waals surface area contributed by atoms with Crippen LogP contribution in [0.2, 0.25) is 0 Å². The van der Waals surface area contributed by atoms with E-state index in [0.717, 1.165) is 32.2 Å². The van der Waals surface area contributed by atoms with Crippen molar-refractivity contribution in [3.05, 3.63) is 0 Å². The topological polar surface area (TPSA) is 58.6 Å². The third-order valence-corrected chi connectivity index (χ3v) is 4.28. The summed E-state index contributed by atoms with van der Waals surface area (Å²) in [5.41, 5.74) is 0. The molecule has 0 bridgehead atoms. The zero-order valence-corrected chi connectivity index (χ0v) is 12.4. The van der Waals surface area contributed by atoms with Crippen molar-refractivity contribution in [1.82, 2.24) is 10.2 Å². The maximum absolute atomic E-state index is 12.5. The maximum atomic E-state index is 12.5. The molecule has 2 amide bonds. The molecule has 114 valence electrons. The summed E-state index contributed by atoms with van der Waals surface area (Å²) in [6.45, 7) is 3.63. The van der Waals surface area contributed by atoms with Crippen LogP contribution in [0.3, 0.4) is 0 Å². The Hall–Kier alpha value is -1.26. The second-order valence-corrected chi connectivity index (χ2v) is 5.82. The van der Waals surface area contributed by atoms with Crippen LogP contribution < -0.4 is 5.32 Å². The lowest BCUT2D eigenvalue weighted by molar-refractivity contribution is -0.137. The van der Waals surface area contributed by atoms with Gasteiger partial charge < -0.3 is 15.0 Å². The summed E-state index contributed by atoms with van der Waals surface area (Å²) in [5.74, 6) is 0.505. The highest BCUT2D eigenvalue weighted by Gasteiger charge is 2.30. The first-order chi connectivity index (χ1) is 9.70. The number of likely N-dealkylation sites (tertiary alicyclic amines) is 1. The van der Waals surface area contributed by atoms with Gasteiger partial charge in [0.05, 0.1) is 6.61 Å². The quantitative estimate of drug-likeness (QED) is 0.864. The number of alkyl carbamates (subject to hydrolysis) is 1. The van der Waals surface area contributed by atoms with Gasteiger partial charge in [-0.1, -0.05) is 19.3 Å². The van der Waals surface area contributed by atoms with Crippen LogP contribution >= 0.6 is 0 Å². The zero-order chi connectivity index (χ0) is 14.4. The SMILES string of the molecule is CCOC(=O)N[C@H]1CCCN(C(=O)C2CCCCC2)C1. The van der Waals surface area contributed by atoms with Gasteiger partial charge in [0.1, 0.15) is 0 Å². The number of rotatable bonds is 3. The third kappa shape index (κ3) is 4.12. The third-order valence-electron chi connectivity index (χ3n) is 4.28. The van der Waals surface area contributed by atoms with Crippen LogP contribution in [0, 0.1) is 5.92 Å². The van der Waals surface area contributed by atoms with E-state index in [2.05, 4.69) is 5.32 Å². The van der Waals surface area contributed by atoms with Crippen LogP contribution in [0.5, 0.6) is 0 Å². The van der Waals surface area contributed by atoms with Gasteiger partial charge in [0.15, 0.2) is 0 Å². The van der Waals surface area contributed by atoms with Crippen LogP contribution in [-0.2, 0) is 9.53 Å². The normalized spacial score (nSPS) is 24.2. The molecule has 5 nitrogen and oxygen atoms in total. The summed E-state index contributed by atoms with van der Waals surface area (Å²) >= 11 is 0. The fraction of sp³-hybridized carbons (Fsp3) is 0.867. The zero-order valence-electron chi connectivity index (χ0n) is 12.4. The van der Waals surface area contributed by atoms with Crippen molar-refractivity contribution >= 4 is 12.0 Å². The Kier molecular flexibility index (Phi) is 5.68. The van der Waals surface area contributed by atoms with Crippen LogP contribution in [0.4, 0.5) is 4.79 Å². The van der Waals surface area contributed by atoms with Gasteiger partial charge in [0.25, 0.3) is 0 Å². The average Bonchev–Trinajstić information content (AvgIpc) is 2.48. The van der Waals surface area contributed by atoms with E-state index in [1.807, 2.05) is 4.90 Å². The molecule has 1 atom stereocenters. The Morgan fingerprint density at radius 3 is 2.60 bits per heavy atom. The molecule has 20 heavy (non-hydrogen) atoms. The highest BCUT2D eigenvalue weighted by atomic mass is 16.5. The Morgan fingerprint density at radius 2 is 1.90 bits per heavy atom. The van der Waals surface area contributed by atoms with Crippen LogP contribution in [0.15, 0.2) is 0 Å². The van der Waals surface area contributed by atoms with Crippen molar-refractivity contribution in [2.45, 2.75) is 57.9 Å². The van der Waals surface area contributed by atoms with Gasteiger partial charge in [-0.05, 0) is 32.6 Å². The van der Waals surface area contributed by atoms with Gasteiger partial charge in [-0.3, -0.25) is 4.79 Å². The van der Waals surface area contributed by atoms with Gasteiger partial charge in [0, 0.05) is 25.0 Å². The minimum absolute atomic E-state index is 0.0374. The molecule has 1 heterocycles. The average molecular weight is 282 g/mol. The molecule has 0 aromatic rings. The number of carbonyl (C=O) groups is 2. The number of hydrogen-bond donors (Lipinski definition) is 1. The Bertz CT molecular complexity index is 340. The molecule has 0 aromatic heterocycles. The van der Waals surface area contributed by atoms with Crippen molar-refractivity contribution in [1.29, 1.82) is 0 Å². The second kappa shape index (κ2) is 7.50. The minimum atomic E-state index is -0.371. The van der Waals surface area contributed by atoms with Crippen molar-refractivity contribution in [3.8, 4) is 0 Å². The molecule has 1 aliphatic carbocycles. The molecular formula is C15H26N2O3. The molecule has 2 rings (SSSR count). The van der Waals surface area contributed by atoms with Crippen molar-refractivity contribution < 1.29 is 14.3 Å². The maximum Gasteiger partial charge on any atom is 0.407 e. The van der Waals surface area contributed by atoms with E-state index in [1.165, 1.54) is 19.3 Å². The number of nitrogens with zero attached hydrogens (tertiary/aromatic N) is 1. The molecule has 1 aliphatic heterocycles. The predicted octanol–water partition coefficient (Wildman–Crippen LogP) is 2.30. The first-order valence-corrected chi connectivity index (χ1v) is 7.92. The van der Waals surface area contributed by atoms with Crippen LogP contribution in [0.25, 0.3) is 0 Å². The second-order valence-electron chi connectivity index (χ2n) is 5.82. The molecular weight excluding hydrogens is 256 g/mol. The molecule has 0 spiro atoms.